The molecule has 126 valence electrons. The lowest BCUT2D eigenvalue weighted by molar-refractivity contribution is 0.165. The van der Waals surface area contributed by atoms with Crippen molar-refractivity contribution < 1.29 is 8.78 Å². The molecule has 23 heavy (non-hydrogen) atoms. The number of nitrogens with zero attached hydrogens (tertiary/aromatic N) is 3. The second-order valence-corrected chi connectivity index (χ2v) is 6.01. The van der Waals surface area contributed by atoms with Crippen molar-refractivity contribution >= 4 is 12.4 Å². The average Bonchev–Trinajstić information content (AvgIpc) is 2.85. The summed E-state index contributed by atoms with van der Waals surface area (Å²) in [5.74, 6) is -1.20. The van der Waals surface area contributed by atoms with Crippen LogP contribution in [0.5, 0.6) is 0 Å². The first kappa shape index (κ1) is 17.8. The van der Waals surface area contributed by atoms with E-state index >= 15 is 0 Å². The summed E-state index contributed by atoms with van der Waals surface area (Å²) >= 11 is 0. The number of rotatable bonds is 3. The molecule has 1 aromatic heterocycles. The zero-order valence-corrected chi connectivity index (χ0v) is 14.0. The van der Waals surface area contributed by atoms with Gasteiger partial charge in [-0.05, 0) is 32.0 Å². The van der Waals surface area contributed by atoms with Crippen LogP contribution in [0.25, 0.3) is 5.69 Å². The van der Waals surface area contributed by atoms with Gasteiger partial charge in [0.15, 0.2) is 5.82 Å². The molecule has 0 bridgehead atoms. The Bertz CT molecular complexity index is 651. The molecule has 1 aliphatic heterocycles. The van der Waals surface area contributed by atoms with E-state index in [-0.39, 0.29) is 18.1 Å². The second kappa shape index (κ2) is 7.38. The van der Waals surface area contributed by atoms with Crippen molar-refractivity contribution in [3.05, 3.63) is 47.8 Å². The van der Waals surface area contributed by atoms with Crippen molar-refractivity contribution in [2.75, 3.05) is 13.1 Å². The van der Waals surface area contributed by atoms with Crippen LogP contribution in [0.15, 0.2) is 30.5 Å². The molecule has 0 aliphatic carbocycles. The minimum atomic E-state index is -0.612. The van der Waals surface area contributed by atoms with E-state index in [4.69, 9.17) is 0 Å². The lowest BCUT2D eigenvalue weighted by atomic mass is 10.1. The number of halogens is 3. The number of piperazine rings is 1. The molecule has 1 aromatic carbocycles. The maximum Gasteiger partial charge on any atom is 0.151 e. The summed E-state index contributed by atoms with van der Waals surface area (Å²) in [5.41, 5.74) is 1.14. The van der Waals surface area contributed by atoms with E-state index < -0.39 is 11.6 Å². The first-order valence-electron chi connectivity index (χ1n) is 7.49. The van der Waals surface area contributed by atoms with Crippen LogP contribution in [0.3, 0.4) is 0 Å². The van der Waals surface area contributed by atoms with Crippen LogP contribution < -0.4 is 5.32 Å². The normalized spacial score (nSPS) is 21.9. The Balaban J connectivity index is 0.00000192. The van der Waals surface area contributed by atoms with Crippen LogP contribution in [-0.4, -0.2) is 39.9 Å². The summed E-state index contributed by atoms with van der Waals surface area (Å²) in [7, 11) is 0. The van der Waals surface area contributed by atoms with Gasteiger partial charge in [0.2, 0.25) is 0 Å². The summed E-state index contributed by atoms with van der Waals surface area (Å²) in [6.45, 7) is 6.97. The van der Waals surface area contributed by atoms with E-state index in [1.165, 1.54) is 16.8 Å². The van der Waals surface area contributed by atoms with Crippen LogP contribution in [0.2, 0.25) is 0 Å². The summed E-state index contributed by atoms with van der Waals surface area (Å²) in [5, 5.41) is 7.89. The SMILES string of the molecule is CC1CN(Cc2ccn(-c3ccc(F)cc3F)n2)CC(C)N1.Cl. The maximum absolute atomic E-state index is 13.8. The fourth-order valence-electron chi connectivity index (χ4n) is 3.05. The van der Waals surface area contributed by atoms with E-state index in [1.807, 2.05) is 6.07 Å². The van der Waals surface area contributed by atoms with Crippen molar-refractivity contribution in [2.45, 2.75) is 32.5 Å². The monoisotopic (exact) mass is 342 g/mol. The third-order valence-corrected chi connectivity index (χ3v) is 3.82. The summed E-state index contributed by atoms with van der Waals surface area (Å²) in [4.78, 5) is 2.33. The quantitative estimate of drug-likeness (QED) is 0.931. The Hall–Kier alpha value is -1.50. The van der Waals surface area contributed by atoms with Crippen LogP contribution >= 0.6 is 12.4 Å². The van der Waals surface area contributed by atoms with Crippen molar-refractivity contribution in [3.8, 4) is 5.69 Å². The van der Waals surface area contributed by atoms with Crippen molar-refractivity contribution in [1.29, 1.82) is 0 Å². The van der Waals surface area contributed by atoms with Crippen molar-refractivity contribution in [2.24, 2.45) is 0 Å². The molecule has 0 spiro atoms. The average molecular weight is 343 g/mol. The first-order chi connectivity index (χ1) is 10.5. The third kappa shape index (κ3) is 4.28. The molecule has 7 heteroatoms. The third-order valence-electron chi connectivity index (χ3n) is 3.82. The largest absolute Gasteiger partial charge is 0.309 e. The molecular formula is C16H21ClF2N4. The van der Waals surface area contributed by atoms with Gasteiger partial charge in [0.25, 0.3) is 0 Å². The molecule has 1 aliphatic rings. The zero-order valence-electron chi connectivity index (χ0n) is 13.2. The van der Waals surface area contributed by atoms with Gasteiger partial charge in [-0.25, -0.2) is 13.5 Å². The molecule has 0 amide bonds. The number of hydrogen-bond acceptors (Lipinski definition) is 3. The minimum Gasteiger partial charge on any atom is -0.309 e. The van der Waals surface area contributed by atoms with Gasteiger partial charge >= 0.3 is 0 Å². The number of hydrogen-bond donors (Lipinski definition) is 1. The summed E-state index contributed by atoms with van der Waals surface area (Å²) in [6, 6.07) is 6.27. The molecule has 1 saturated heterocycles. The fourth-order valence-corrected chi connectivity index (χ4v) is 3.05. The molecule has 0 saturated carbocycles. The highest BCUT2D eigenvalue weighted by Gasteiger charge is 2.21. The second-order valence-electron chi connectivity index (χ2n) is 6.01. The van der Waals surface area contributed by atoms with Gasteiger partial charge in [-0.3, -0.25) is 4.90 Å². The van der Waals surface area contributed by atoms with Gasteiger partial charge in [0.1, 0.15) is 11.5 Å². The van der Waals surface area contributed by atoms with Gasteiger partial charge in [-0.2, -0.15) is 5.10 Å². The van der Waals surface area contributed by atoms with Gasteiger partial charge in [0.05, 0.1) is 5.69 Å². The minimum absolute atomic E-state index is 0. The van der Waals surface area contributed by atoms with E-state index in [0.717, 1.165) is 31.4 Å². The Labute approximate surface area is 140 Å². The Morgan fingerprint density at radius 1 is 1.17 bits per heavy atom. The van der Waals surface area contributed by atoms with Crippen LogP contribution in [0.4, 0.5) is 8.78 Å². The molecule has 4 nitrogen and oxygen atoms in total. The van der Waals surface area contributed by atoms with Crippen LogP contribution in [0.1, 0.15) is 19.5 Å². The first-order valence-corrected chi connectivity index (χ1v) is 7.49. The smallest absolute Gasteiger partial charge is 0.151 e. The van der Waals surface area contributed by atoms with Gasteiger partial charge in [-0.15, -0.1) is 12.4 Å². The van der Waals surface area contributed by atoms with E-state index in [2.05, 4.69) is 29.2 Å². The highest BCUT2D eigenvalue weighted by molar-refractivity contribution is 5.85. The molecule has 3 rings (SSSR count). The van der Waals surface area contributed by atoms with E-state index in [9.17, 15) is 8.78 Å². The molecule has 2 aromatic rings. The highest BCUT2D eigenvalue weighted by atomic mass is 35.5. The maximum atomic E-state index is 13.8. The summed E-state index contributed by atoms with van der Waals surface area (Å²) < 4.78 is 28.2. The number of benzene rings is 1. The highest BCUT2D eigenvalue weighted by Crippen LogP contribution is 2.15. The Morgan fingerprint density at radius 3 is 2.52 bits per heavy atom. The van der Waals surface area contributed by atoms with Gasteiger partial charge in [-0.1, -0.05) is 0 Å². The lowest BCUT2D eigenvalue weighted by Crippen LogP contribution is -2.53. The summed E-state index contributed by atoms with van der Waals surface area (Å²) in [6.07, 6.45) is 1.71. The predicted octanol–water partition coefficient (Wildman–Crippen LogP) is 2.75. The fraction of sp³-hybridized carbons (Fsp3) is 0.438. The van der Waals surface area contributed by atoms with Crippen molar-refractivity contribution in [1.82, 2.24) is 20.0 Å². The zero-order chi connectivity index (χ0) is 15.7. The number of nitrogens with one attached hydrogen (secondary N) is 1. The topological polar surface area (TPSA) is 33.1 Å². The lowest BCUT2D eigenvalue weighted by Gasteiger charge is -2.35. The van der Waals surface area contributed by atoms with Crippen LogP contribution in [-0.2, 0) is 6.54 Å². The molecule has 1 fully saturated rings. The predicted molar refractivity (Wildman–Crippen MR) is 88.1 cm³/mol. The Kier molecular flexibility index (Phi) is 5.73. The van der Waals surface area contributed by atoms with Gasteiger partial charge in [0, 0.05) is 44.0 Å². The van der Waals surface area contributed by atoms with E-state index in [0.29, 0.717) is 12.1 Å². The van der Waals surface area contributed by atoms with Gasteiger partial charge < -0.3 is 5.32 Å². The molecule has 2 heterocycles. The standard InChI is InChI=1S/C16H20F2N4.ClH/c1-11-8-21(9-12(2)19-11)10-14-5-6-22(20-14)16-4-3-13(17)7-15(16)18;/h3-7,11-12,19H,8-10H2,1-2H3;1H. The van der Waals surface area contributed by atoms with Crippen molar-refractivity contribution in [3.63, 3.8) is 0 Å². The molecule has 2 unspecified atom stereocenters. The molecule has 1 N–H and O–H groups in total. The number of aromatic nitrogens is 2. The molecular weight excluding hydrogens is 322 g/mol. The molecule has 2 atom stereocenters. The molecule has 0 radical (unpaired) electrons. The Morgan fingerprint density at radius 2 is 1.87 bits per heavy atom. The van der Waals surface area contributed by atoms with E-state index in [1.54, 1.807) is 6.20 Å². The van der Waals surface area contributed by atoms with Crippen LogP contribution in [0, 0.1) is 11.6 Å².